The van der Waals surface area contributed by atoms with E-state index in [1.807, 2.05) is 23.1 Å². The van der Waals surface area contributed by atoms with E-state index in [4.69, 9.17) is 9.47 Å². The van der Waals surface area contributed by atoms with Gasteiger partial charge in [0.15, 0.2) is 11.5 Å². The van der Waals surface area contributed by atoms with Gasteiger partial charge in [0.25, 0.3) is 0 Å². The molecule has 1 aliphatic carbocycles. The highest BCUT2D eigenvalue weighted by Gasteiger charge is 2.28. The molecule has 1 N–H and O–H groups in total. The van der Waals surface area contributed by atoms with Crippen LogP contribution in [0.15, 0.2) is 18.2 Å². The van der Waals surface area contributed by atoms with E-state index in [0.29, 0.717) is 43.5 Å². The van der Waals surface area contributed by atoms with E-state index in [1.54, 1.807) is 14.2 Å². The van der Waals surface area contributed by atoms with E-state index in [-0.39, 0.29) is 17.7 Å². The maximum atomic E-state index is 12.6. The number of aryl methyl sites for hydroxylation is 1. The van der Waals surface area contributed by atoms with E-state index < -0.39 is 0 Å². The van der Waals surface area contributed by atoms with E-state index >= 15 is 0 Å². The maximum absolute atomic E-state index is 12.6. The molecule has 0 spiro atoms. The minimum atomic E-state index is 0.0514. The number of piperidine rings is 1. The summed E-state index contributed by atoms with van der Waals surface area (Å²) in [7, 11) is 3.22. The second-order valence-electron chi connectivity index (χ2n) is 7.83. The molecule has 6 nitrogen and oxygen atoms in total. The van der Waals surface area contributed by atoms with Crippen LogP contribution in [0.1, 0.15) is 50.5 Å². The van der Waals surface area contributed by atoms with Crippen LogP contribution in [0.25, 0.3) is 0 Å². The van der Waals surface area contributed by atoms with Crippen LogP contribution in [0.4, 0.5) is 0 Å². The van der Waals surface area contributed by atoms with Gasteiger partial charge in [-0.3, -0.25) is 9.59 Å². The van der Waals surface area contributed by atoms with Gasteiger partial charge < -0.3 is 19.7 Å². The Balaban J connectivity index is 1.43. The van der Waals surface area contributed by atoms with Crippen LogP contribution in [0.2, 0.25) is 0 Å². The van der Waals surface area contributed by atoms with Crippen LogP contribution in [0.3, 0.4) is 0 Å². The highest BCUT2D eigenvalue weighted by molar-refractivity contribution is 5.80. The highest BCUT2D eigenvalue weighted by atomic mass is 16.5. The summed E-state index contributed by atoms with van der Waals surface area (Å²) in [6.45, 7) is 1.35. The van der Waals surface area contributed by atoms with Gasteiger partial charge in [0.1, 0.15) is 0 Å². The fourth-order valence-electron chi connectivity index (χ4n) is 4.23. The van der Waals surface area contributed by atoms with Gasteiger partial charge in [-0.05, 0) is 49.8 Å². The van der Waals surface area contributed by atoms with Gasteiger partial charge in [-0.25, -0.2) is 0 Å². The third kappa shape index (κ3) is 5.18. The lowest BCUT2D eigenvalue weighted by Gasteiger charge is -2.32. The molecule has 2 amide bonds. The van der Waals surface area contributed by atoms with E-state index in [0.717, 1.165) is 31.2 Å². The first-order valence-electron chi connectivity index (χ1n) is 10.4. The van der Waals surface area contributed by atoms with Gasteiger partial charge in [-0.2, -0.15) is 0 Å². The topological polar surface area (TPSA) is 67.9 Å². The first-order chi connectivity index (χ1) is 13.6. The average Bonchev–Trinajstić information content (AvgIpc) is 3.24. The molecule has 0 bridgehead atoms. The predicted octanol–water partition coefficient (Wildman–Crippen LogP) is 2.93. The number of hydrogen-bond acceptors (Lipinski definition) is 4. The van der Waals surface area contributed by atoms with Crippen LogP contribution < -0.4 is 14.8 Å². The zero-order chi connectivity index (χ0) is 19.9. The molecular formula is C22H32N2O4. The smallest absolute Gasteiger partial charge is 0.223 e. The maximum Gasteiger partial charge on any atom is 0.223 e. The van der Waals surface area contributed by atoms with Crippen molar-refractivity contribution in [1.29, 1.82) is 0 Å². The number of benzene rings is 1. The minimum absolute atomic E-state index is 0.0514. The third-order valence-corrected chi connectivity index (χ3v) is 6.00. The number of carbonyl (C=O) groups is 2. The van der Waals surface area contributed by atoms with Crippen LogP contribution in [0, 0.1) is 5.92 Å². The number of ether oxygens (including phenoxy) is 2. The molecule has 0 radical (unpaired) electrons. The lowest BCUT2D eigenvalue weighted by atomic mass is 9.95. The summed E-state index contributed by atoms with van der Waals surface area (Å²) in [6, 6.07) is 6.13. The summed E-state index contributed by atoms with van der Waals surface area (Å²) in [6.07, 6.45) is 7.32. The molecule has 0 aromatic heterocycles. The molecule has 1 saturated carbocycles. The van der Waals surface area contributed by atoms with Crippen LogP contribution in [0.5, 0.6) is 11.5 Å². The largest absolute Gasteiger partial charge is 0.493 e. The van der Waals surface area contributed by atoms with Crippen LogP contribution >= 0.6 is 0 Å². The number of nitrogens with one attached hydrogen (secondary N) is 1. The van der Waals surface area contributed by atoms with E-state index in [9.17, 15) is 9.59 Å². The van der Waals surface area contributed by atoms with Crippen molar-refractivity contribution in [3.8, 4) is 11.5 Å². The van der Waals surface area contributed by atoms with Crippen molar-refractivity contribution < 1.29 is 19.1 Å². The number of nitrogens with zero attached hydrogens (tertiary/aromatic N) is 1. The molecule has 2 fully saturated rings. The molecule has 1 aliphatic heterocycles. The van der Waals surface area contributed by atoms with Gasteiger partial charge in [0.05, 0.1) is 14.2 Å². The fraction of sp³-hybridized carbons (Fsp3) is 0.636. The summed E-state index contributed by atoms with van der Waals surface area (Å²) in [5, 5.41) is 3.19. The molecule has 1 aromatic carbocycles. The van der Waals surface area contributed by atoms with Crippen molar-refractivity contribution in [2.24, 2.45) is 5.92 Å². The van der Waals surface area contributed by atoms with Crippen molar-refractivity contribution >= 4 is 11.8 Å². The predicted molar refractivity (Wildman–Crippen MR) is 108 cm³/mol. The lowest BCUT2D eigenvalue weighted by Crippen LogP contribution is -2.44. The molecule has 1 saturated heterocycles. The molecule has 0 atom stereocenters. The quantitative estimate of drug-likeness (QED) is 0.780. The van der Waals surface area contributed by atoms with Gasteiger partial charge >= 0.3 is 0 Å². The molecule has 1 heterocycles. The molecule has 6 heteroatoms. The van der Waals surface area contributed by atoms with Gasteiger partial charge in [-0.1, -0.05) is 18.9 Å². The van der Waals surface area contributed by atoms with E-state index in [1.165, 1.54) is 12.8 Å². The molecule has 28 heavy (non-hydrogen) atoms. The van der Waals surface area contributed by atoms with Crippen molar-refractivity contribution in [3.05, 3.63) is 23.8 Å². The number of hydrogen-bond donors (Lipinski definition) is 1. The monoisotopic (exact) mass is 388 g/mol. The van der Waals surface area contributed by atoms with Crippen molar-refractivity contribution in [2.45, 2.75) is 57.4 Å². The Morgan fingerprint density at radius 3 is 2.36 bits per heavy atom. The van der Waals surface area contributed by atoms with Gasteiger partial charge in [-0.15, -0.1) is 0 Å². The SMILES string of the molecule is COc1ccc(CCC(=O)N2CCC(C(=O)NC3CCCC3)CC2)cc1OC. The van der Waals surface area contributed by atoms with E-state index in [2.05, 4.69) is 5.32 Å². The lowest BCUT2D eigenvalue weighted by molar-refractivity contribution is -0.135. The summed E-state index contributed by atoms with van der Waals surface area (Å²) in [5.74, 6) is 1.77. The van der Waals surface area contributed by atoms with Gasteiger partial charge in [0.2, 0.25) is 11.8 Å². The first kappa shape index (κ1) is 20.5. The Kier molecular flexibility index (Phi) is 7.18. The van der Waals surface area contributed by atoms with Crippen LogP contribution in [-0.2, 0) is 16.0 Å². The molecule has 3 rings (SSSR count). The molecule has 1 aromatic rings. The third-order valence-electron chi connectivity index (χ3n) is 6.00. The Morgan fingerprint density at radius 2 is 1.71 bits per heavy atom. The second kappa shape index (κ2) is 9.80. The number of carbonyl (C=O) groups excluding carboxylic acids is 2. The Morgan fingerprint density at radius 1 is 1.04 bits per heavy atom. The number of likely N-dealkylation sites (tertiary alicyclic amines) is 1. The molecular weight excluding hydrogens is 356 g/mol. The van der Waals surface area contributed by atoms with Crippen LogP contribution in [-0.4, -0.2) is 50.1 Å². The Hall–Kier alpha value is -2.24. The summed E-state index contributed by atoms with van der Waals surface area (Å²) in [4.78, 5) is 26.9. The standard InChI is InChI=1S/C22H32N2O4/c1-27-19-9-7-16(15-20(19)28-2)8-10-21(25)24-13-11-17(12-14-24)22(26)23-18-5-3-4-6-18/h7,9,15,17-18H,3-6,8,10-14H2,1-2H3,(H,23,26). The normalized spacial score (nSPS) is 18.1. The summed E-state index contributed by atoms with van der Waals surface area (Å²) >= 11 is 0. The Bertz CT molecular complexity index is 677. The fourth-order valence-corrected chi connectivity index (χ4v) is 4.23. The van der Waals surface area contributed by atoms with Gasteiger partial charge in [0, 0.05) is 31.5 Å². The number of amides is 2. The Labute approximate surface area is 167 Å². The van der Waals surface area contributed by atoms with Crippen molar-refractivity contribution in [2.75, 3.05) is 27.3 Å². The first-order valence-corrected chi connectivity index (χ1v) is 10.4. The average molecular weight is 389 g/mol. The highest BCUT2D eigenvalue weighted by Crippen LogP contribution is 2.28. The summed E-state index contributed by atoms with van der Waals surface area (Å²) < 4.78 is 10.6. The van der Waals surface area contributed by atoms with Crippen molar-refractivity contribution in [3.63, 3.8) is 0 Å². The zero-order valence-electron chi connectivity index (χ0n) is 17.0. The van der Waals surface area contributed by atoms with Crippen molar-refractivity contribution in [1.82, 2.24) is 10.2 Å². The molecule has 2 aliphatic rings. The zero-order valence-corrected chi connectivity index (χ0v) is 17.0. The number of methoxy groups -OCH3 is 2. The molecule has 154 valence electrons. The summed E-state index contributed by atoms with van der Waals surface area (Å²) in [5.41, 5.74) is 1.05. The number of rotatable bonds is 7. The molecule has 0 unspecified atom stereocenters. The second-order valence-corrected chi connectivity index (χ2v) is 7.83. The minimum Gasteiger partial charge on any atom is -0.493 e.